The molecule has 8 heteroatoms. The van der Waals surface area contributed by atoms with Crippen molar-refractivity contribution in [3.05, 3.63) is 72.5 Å². The van der Waals surface area contributed by atoms with Crippen molar-refractivity contribution < 1.29 is 4.79 Å². The molecule has 0 atom stereocenters. The topological polar surface area (TPSA) is 93.4 Å². The molecule has 4 aromatic heterocycles. The van der Waals surface area contributed by atoms with E-state index in [9.17, 15) is 4.79 Å². The molecule has 0 aliphatic rings. The fourth-order valence-electron chi connectivity index (χ4n) is 4.53. The summed E-state index contributed by atoms with van der Waals surface area (Å²) < 4.78 is 3.64. The largest absolute Gasteiger partial charge is 0.339 e. The van der Waals surface area contributed by atoms with E-state index in [2.05, 4.69) is 39.2 Å². The second kappa shape index (κ2) is 8.39. The predicted molar refractivity (Wildman–Crippen MR) is 139 cm³/mol. The molecule has 0 fully saturated rings. The van der Waals surface area contributed by atoms with E-state index in [1.165, 1.54) is 6.08 Å². The van der Waals surface area contributed by atoms with E-state index in [-0.39, 0.29) is 5.91 Å². The minimum Gasteiger partial charge on any atom is -0.339 e. The number of aromatic nitrogens is 6. The summed E-state index contributed by atoms with van der Waals surface area (Å²) in [7, 11) is 3.83. The zero-order valence-corrected chi connectivity index (χ0v) is 20.5. The van der Waals surface area contributed by atoms with Crippen molar-refractivity contribution >= 4 is 22.6 Å². The number of H-pyrrole nitrogens is 1. The van der Waals surface area contributed by atoms with E-state index < -0.39 is 0 Å². The molecule has 4 heterocycles. The Kier molecular flexibility index (Phi) is 5.36. The first-order chi connectivity index (χ1) is 16.8. The maximum absolute atomic E-state index is 12.2. The van der Waals surface area contributed by atoms with Crippen LogP contribution in [0.3, 0.4) is 0 Å². The lowest BCUT2D eigenvalue weighted by atomic mass is 9.93. The Bertz CT molecular complexity index is 1620. The van der Waals surface area contributed by atoms with Crippen LogP contribution in [0.25, 0.3) is 44.5 Å². The van der Waals surface area contributed by atoms with Gasteiger partial charge < -0.3 is 10.3 Å². The van der Waals surface area contributed by atoms with Crippen LogP contribution in [0.2, 0.25) is 0 Å². The van der Waals surface area contributed by atoms with Crippen molar-refractivity contribution in [2.45, 2.75) is 20.8 Å². The second-order valence-electron chi connectivity index (χ2n) is 8.79. The predicted octanol–water partition coefficient (Wildman–Crippen LogP) is 5.08. The lowest BCUT2D eigenvalue weighted by Crippen LogP contribution is -2.10. The Morgan fingerprint density at radius 1 is 1.06 bits per heavy atom. The molecule has 0 aliphatic heterocycles. The normalized spacial score (nSPS) is 11.2. The number of benzene rings is 1. The zero-order valence-electron chi connectivity index (χ0n) is 20.5. The summed E-state index contributed by atoms with van der Waals surface area (Å²) in [6, 6.07) is 6.27. The number of pyridine rings is 1. The smallest absolute Gasteiger partial charge is 0.247 e. The Morgan fingerprint density at radius 3 is 2.51 bits per heavy atom. The quantitative estimate of drug-likeness (QED) is 0.354. The minimum atomic E-state index is -0.240. The van der Waals surface area contributed by atoms with Crippen LogP contribution in [-0.4, -0.2) is 35.4 Å². The van der Waals surface area contributed by atoms with Gasteiger partial charge in [-0.25, -0.2) is 4.98 Å². The first kappa shape index (κ1) is 22.3. The summed E-state index contributed by atoms with van der Waals surface area (Å²) >= 11 is 0. The number of carbonyl (C=O) groups excluding carboxylic acids is 1. The number of hydrogen-bond acceptors (Lipinski definition) is 4. The highest BCUT2D eigenvalue weighted by molar-refractivity contribution is 6.06. The number of rotatable bonds is 5. The standard InChI is InChI=1S/C27H27N7O/c1-7-23(35)31-25-15(2)8-9-20(16(25)3)24-21-10-18(22-13-30-34(6)17(22)4)11-28-27(21)32-26(24)19-12-29-33(5)14-19/h7-14H,1H2,2-6H3,(H,28,32)(H,31,35). The SMILES string of the molecule is C=CC(=O)Nc1c(C)ccc(-c2c(-c3cnn(C)c3)[nH]c3ncc(-c4cnn(C)c4C)cc23)c1C. The second-order valence-corrected chi connectivity index (χ2v) is 8.79. The van der Waals surface area contributed by atoms with E-state index in [1.54, 1.807) is 4.68 Å². The van der Waals surface area contributed by atoms with Crippen LogP contribution in [0.4, 0.5) is 5.69 Å². The van der Waals surface area contributed by atoms with E-state index in [0.29, 0.717) is 0 Å². The highest BCUT2D eigenvalue weighted by Crippen LogP contribution is 2.42. The summed E-state index contributed by atoms with van der Waals surface area (Å²) in [4.78, 5) is 20.4. The van der Waals surface area contributed by atoms with Crippen molar-refractivity contribution in [1.82, 2.24) is 29.5 Å². The molecule has 5 rings (SSSR count). The summed E-state index contributed by atoms with van der Waals surface area (Å²) in [5.74, 6) is -0.240. The van der Waals surface area contributed by atoms with Gasteiger partial charge in [-0.05, 0) is 49.6 Å². The average molecular weight is 466 g/mol. The molecule has 2 N–H and O–H groups in total. The molecule has 0 saturated heterocycles. The third kappa shape index (κ3) is 3.73. The van der Waals surface area contributed by atoms with Gasteiger partial charge in [0.25, 0.3) is 0 Å². The van der Waals surface area contributed by atoms with Crippen LogP contribution in [0.15, 0.2) is 55.6 Å². The summed E-state index contributed by atoms with van der Waals surface area (Å²) in [6.45, 7) is 9.64. The van der Waals surface area contributed by atoms with Gasteiger partial charge in [-0.2, -0.15) is 10.2 Å². The van der Waals surface area contributed by atoms with Crippen molar-refractivity contribution in [2.75, 3.05) is 5.32 Å². The number of aromatic amines is 1. The van der Waals surface area contributed by atoms with Crippen LogP contribution in [-0.2, 0) is 18.9 Å². The number of fused-ring (bicyclic) bond motifs is 1. The van der Waals surface area contributed by atoms with E-state index in [4.69, 9.17) is 4.98 Å². The monoisotopic (exact) mass is 465 g/mol. The van der Waals surface area contributed by atoms with Crippen molar-refractivity contribution in [2.24, 2.45) is 14.1 Å². The summed E-state index contributed by atoms with van der Waals surface area (Å²) in [5, 5.41) is 12.7. The molecule has 8 nitrogen and oxygen atoms in total. The van der Waals surface area contributed by atoms with Gasteiger partial charge in [0.2, 0.25) is 5.91 Å². The summed E-state index contributed by atoms with van der Waals surface area (Å²) in [6.07, 6.45) is 8.84. The fraction of sp³-hybridized carbons (Fsp3) is 0.185. The molecular formula is C27H27N7O. The fourth-order valence-corrected chi connectivity index (χ4v) is 4.53. The van der Waals surface area contributed by atoms with Gasteiger partial charge in [0.05, 0.1) is 18.1 Å². The molecular weight excluding hydrogens is 438 g/mol. The van der Waals surface area contributed by atoms with Crippen LogP contribution >= 0.6 is 0 Å². The molecule has 5 aromatic rings. The molecule has 35 heavy (non-hydrogen) atoms. The molecule has 1 aromatic carbocycles. The molecule has 0 bridgehead atoms. The van der Waals surface area contributed by atoms with E-state index in [0.717, 1.165) is 67.1 Å². The van der Waals surface area contributed by atoms with Crippen molar-refractivity contribution in [3.63, 3.8) is 0 Å². The van der Waals surface area contributed by atoms with Gasteiger partial charge in [0.15, 0.2) is 0 Å². The Morgan fingerprint density at radius 2 is 1.86 bits per heavy atom. The van der Waals surface area contributed by atoms with Crippen LogP contribution < -0.4 is 5.32 Å². The average Bonchev–Trinajstić information content (AvgIpc) is 3.53. The van der Waals surface area contributed by atoms with Gasteiger partial charge in [-0.1, -0.05) is 18.7 Å². The molecule has 0 saturated carbocycles. The molecule has 0 unspecified atom stereocenters. The number of carbonyl (C=O) groups is 1. The highest BCUT2D eigenvalue weighted by Gasteiger charge is 2.21. The highest BCUT2D eigenvalue weighted by atomic mass is 16.1. The lowest BCUT2D eigenvalue weighted by Gasteiger charge is -2.16. The Balaban J connectivity index is 1.81. The van der Waals surface area contributed by atoms with Crippen molar-refractivity contribution in [1.29, 1.82) is 0 Å². The maximum atomic E-state index is 12.2. The molecule has 1 amide bonds. The third-order valence-electron chi connectivity index (χ3n) is 6.57. The van der Waals surface area contributed by atoms with Crippen LogP contribution in [0.1, 0.15) is 16.8 Å². The zero-order chi connectivity index (χ0) is 24.9. The van der Waals surface area contributed by atoms with Gasteiger partial charge >= 0.3 is 0 Å². The van der Waals surface area contributed by atoms with Gasteiger partial charge in [0.1, 0.15) is 5.65 Å². The Labute approximate surface area is 203 Å². The van der Waals surface area contributed by atoms with Crippen molar-refractivity contribution in [3.8, 4) is 33.5 Å². The molecule has 0 radical (unpaired) electrons. The number of aryl methyl sites for hydroxylation is 3. The first-order valence-corrected chi connectivity index (χ1v) is 11.3. The first-order valence-electron chi connectivity index (χ1n) is 11.3. The van der Waals surface area contributed by atoms with E-state index >= 15 is 0 Å². The number of nitrogens with zero attached hydrogens (tertiary/aromatic N) is 5. The van der Waals surface area contributed by atoms with Crippen LogP contribution in [0, 0.1) is 20.8 Å². The maximum Gasteiger partial charge on any atom is 0.247 e. The van der Waals surface area contributed by atoms with Crippen LogP contribution in [0.5, 0.6) is 0 Å². The summed E-state index contributed by atoms with van der Waals surface area (Å²) in [5.41, 5.74) is 10.5. The van der Waals surface area contributed by atoms with Gasteiger partial charge in [-0.3, -0.25) is 14.2 Å². The molecule has 0 spiro atoms. The third-order valence-corrected chi connectivity index (χ3v) is 6.57. The minimum absolute atomic E-state index is 0.240. The van der Waals surface area contributed by atoms with Gasteiger partial charge in [0, 0.05) is 65.5 Å². The number of hydrogen-bond donors (Lipinski definition) is 2. The molecule has 0 aliphatic carbocycles. The van der Waals surface area contributed by atoms with Gasteiger partial charge in [-0.15, -0.1) is 0 Å². The molecule has 176 valence electrons. The number of nitrogens with one attached hydrogen (secondary N) is 2. The lowest BCUT2D eigenvalue weighted by molar-refractivity contribution is -0.111. The number of anilines is 1. The Hall–Kier alpha value is -4.46. The van der Waals surface area contributed by atoms with E-state index in [1.807, 2.05) is 70.4 Å². The number of amides is 1.